The van der Waals surface area contributed by atoms with E-state index in [9.17, 15) is 0 Å². The molecular weight excluding hydrogens is 321 g/mol. The SMILES string of the molecule is CCC[Si](C)(C)[Nd]([CH2]C)[Si](C)(C)C. The van der Waals surface area contributed by atoms with Gasteiger partial charge < -0.3 is 0 Å². The Bertz CT molecular complexity index is 149. The summed E-state index contributed by atoms with van der Waals surface area (Å²) in [6.07, 6.45) is 1.44. The van der Waals surface area contributed by atoms with Crippen molar-refractivity contribution in [1.29, 1.82) is 0 Å². The van der Waals surface area contributed by atoms with Crippen LogP contribution < -0.4 is 0 Å². The third kappa shape index (κ3) is 4.89. The van der Waals surface area contributed by atoms with E-state index in [1.165, 1.54) is 6.42 Å². The zero-order chi connectivity index (χ0) is 10.7. The van der Waals surface area contributed by atoms with Crippen molar-refractivity contribution in [2.45, 2.75) is 61.1 Å². The summed E-state index contributed by atoms with van der Waals surface area (Å²) in [6.45, 7) is 18.2. The Labute approximate surface area is 97.5 Å². The van der Waals surface area contributed by atoms with Gasteiger partial charge in [-0.1, -0.05) is 0 Å². The van der Waals surface area contributed by atoms with Gasteiger partial charge >= 0.3 is 98.9 Å². The molecule has 79 valence electrons. The molecule has 0 heterocycles. The van der Waals surface area contributed by atoms with E-state index in [1.807, 2.05) is 0 Å². The van der Waals surface area contributed by atoms with Crippen molar-refractivity contribution in [3.8, 4) is 0 Å². The van der Waals surface area contributed by atoms with Crippen LogP contribution in [-0.4, -0.2) is 5.33 Å². The minimum absolute atomic E-state index is 0.685. The first-order chi connectivity index (χ1) is 5.75. The van der Waals surface area contributed by atoms with Gasteiger partial charge in [0.05, 0.1) is 0 Å². The summed E-state index contributed by atoms with van der Waals surface area (Å²) in [5, 5.41) is 0. The summed E-state index contributed by atoms with van der Waals surface area (Å²) in [7, 11) is 0. The van der Waals surface area contributed by atoms with Gasteiger partial charge in [-0.15, -0.1) is 0 Å². The minimum atomic E-state index is -1.13. The van der Waals surface area contributed by atoms with Crippen LogP contribution in [0.4, 0.5) is 0 Å². The number of rotatable bonds is 5. The molecule has 0 rings (SSSR count). The first-order valence-electron chi connectivity index (χ1n) is 5.62. The fraction of sp³-hybridized carbons (Fsp3) is 1.00. The first kappa shape index (κ1) is 14.8. The molecule has 0 saturated carbocycles. The predicted molar refractivity (Wildman–Crippen MR) is 66.4 cm³/mol. The fourth-order valence-corrected chi connectivity index (χ4v) is 101. The van der Waals surface area contributed by atoms with Gasteiger partial charge in [0.2, 0.25) is 0 Å². The molecular formula is C10H27NdSi2. The molecule has 0 aliphatic rings. The van der Waals surface area contributed by atoms with E-state index in [4.69, 9.17) is 0 Å². The molecule has 0 atom stereocenters. The van der Waals surface area contributed by atoms with Crippen molar-refractivity contribution in [2.24, 2.45) is 0 Å². The van der Waals surface area contributed by atoms with Crippen LogP contribution in [0.2, 0.25) is 40.8 Å². The molecule has 0 bridgehead atoms. The molecule has 0 aromatic rings. The number of hydrogen-bond donors (Lipinski definition) is 0. The molecule has 13 heavy (non-hydrogen) atoms. The topological polar surface area (TPSA) is 0 Å². The molecule has 0 amide bonds. The molecule has 0 radical (unpaired) electrons. The van der Waals surface area contributed by atoms with Crippen molar-refractivity contribution < 1.29 is 32.4 Å². The van der Waals surface area contributed by atoms with E-state index in [1.54, 1.807) is 8.11 Å². The van der Waals surface area contributed by atoms with Gasteiger partial charge in [0.1, 0.15) is 0 Å². The van der Waals surface area contributed by atoms with Gasteiger partial charge in [-0.2, -0.15) is 0 Å². The van der Waals surface area contributed by atoms with Crippen LogP contribution in [0.3, 0.4) is 0 Å². The second-order valence-corrected chi connectivity index (χ2v) is 59.9. The standard InChI is InChI=1S/C5H13Si.C3H9Si.C2H5.Nd/c1-4-5-6(2)3;1-4(2)3;1-2;/h4-5H2,1-3H3;1-3H3;1H2,2H3;. The van der Waals surface area contributed by atoms with Crippen LogP contribution in [0.1, 0.15) is 20.3 Å². The summed E-state index contributed by atoms with van der Waals surface area (Å²) < 4.78 is 0.260. The second-order valence-electron chi connectivity index (χ2n) is 5.72. The van der Waals surface area contributed by atoms with Crippen molar-refractivity contribution in [3.63, 3.8) is 0 Å². The zero-order valence-electron chi connectivity index (χ0n) is 10.6. The molecule has 0 aromatic carbocycles. The predicted octanol–water partition coefficient (Wildman–Crippen LogP) is 4.50. The van der Waals surface area contributed by atoms with E-state index in [0.29, 0.717) is 0 Å². The Morgan fingerprint density at radius 3 is 1.62 bits per heavy atom. The van der Waals surface area contributed by atoms with E-state index in [0.717, 1.165) is 0 Å². The van der Waals surface area contributed by atoms with Gasteiger partial charge in [-0.25, -0.2) is 0 Å². The van der Waals surface area contributed by atoms with Crippen LogP contribution in [0.25, 0.3) is 0 Å². The molecule has 0 saturated heterocycles. The molecule has 3 heteroatoms. The van der Waals surface area contributed by atoms with Crippen molar-refractivity contribution in [2.75, 3.05) is 0 Å². The Balaban J connectivity index is 4.56. The van der Waals surface area contributed by atoms with Gasteiger partial charge in [-0.3, -0.25) is 0 Å². The van der Waals surface area contributed by atoms with E-state index in [-0.39, 0.29) is 0 Å². The molecule has 0 aliphatic heterocycles. The van der Waals surface area contributed by atoms with E-state index < -0.39 is 37.8 Å². The Morgan fingerprint density at radius 2 is 1.38 bits per heavy atom. The zero-order valence-corrected chi connectivity index (χ0v) is 15.8. The normalized spacial score (nSPS) is 13.2. The van der Waals surface area contributed by atoms with Crippen LogP contribution in [-0.2, 0) is 0 Å². The maximum atomic E-state index is 2.69. The van der Waals surface area contributed by atoms with E-state index >= 15 is 0 Å². The molecule has 0 aromatic heterocycles. The molecule has 0 unspecified atom stereocenters. The molecule has 0 nitrogen and oxygen atoms in total. The monoisotopic (exact) mass is 345 g/mol. The average molecular weight is 348 g/mol. The van der Waals surface area contributed by atoms with Gasteiger partial charge in [-0.05, 0) is 0 Å². The Hall–Kier alpha value is 1.78. The third-order valence-corrected chi connectivity index (χ3v) is 83.0. The van der Waals surface area contributed by atoms with Gasteiger partial charge in [0.15, 0.2) is 0 Å². The first-order valence-corrected chi connectivity index (χ1v) is 24.2. The van der Waals surface area contributed by atoms with Crippen LogP contribution in [0.15, 0.2) is 0 Å². The van der Waals surface area contributed by atoms with E-state index in [2.05, 4.69) is 46.6 Å². The molecule has 0 N–H and O–H groups in total. The van der Waals surface area contributed by atoms with Crippen LogP contribution in [0, 0.1) is 32.4 Å². The molecule has 0 spiro atoms. The second kappa shape index (κ2) is 5.76. The van der Waals surface area contributed by atoms with Crippen LogP contribution in [0.5, 0.6) is 0 Å². The molecule has 0 fully saturated rings. The van der Waals surface area contributed by atoms with Crippen LogP contribution >= 0.6 is 0 Å². The average Bonchev–Trinajstić information content (AvgIpc) is 1.83. The third-order valence-electron chi connectivity index (χ3n) is 2.95. The maximum absolute atomic E-state index is 2.69. The molecule has 0 aliphatic carbocycles. The van der Waals surface area contributed by atoms with Crippen molar-refractivity contribution in [1.82, 2.24) is 0 Å². The Morgan fingerprint density at radius 1 is 0.923 bits per heavy atom. The summed E-state index contributed by atoms with van der Waals surface area (Å²) >= 11 is -1.13. The summed E-state index contributed by atoms with van der Waals surface area (Å²) in [5.41, 5.74) is 0. The fourth-order valence-electron chi connectivity index (χ4n) is 2.80. The Kier molecular flexibility index (Phi) is 6.55. The van der Waals surface area contributed by atoms with Gasteiger partial charge in [0, 0.05) is 0 Å². The number of hydrogen-bond acceptors (Lipinski definition) is 0. The summed E-state index contributed by atoms with van der Waals surface area (Å²) in [6, 6.07) is 1.62. The summed E-state index contributed by atoms with van der Waals surface area (Å²) in [4.78, 5) is 0. The quantitative estimate of drug-likeness (QED) is 0.643. The van der Waals surface area contributed by atoms with Gasteiger partial charge in [0.25, 0.3) is 0 Å². The van der Waals surface area contributed by atoms with Crippen molar-refractivity contribution >= 4 is 5.33 Å². The summed E-state index contributed by atoms with van der Waals surface area (Å²) in [5.74, 6) is 0. The van der Waals surface area contributed by atoms with Crippen molar-refractivity contribution in [3.05, 3.63) is 0 Å².